The molecule has 0 fully saturated rings. The molecule has 0 saturated heterocycles. The quantitative estimate of drug-likeness (QED) is 0.565. The van der Waals surface area contributed by atoms with Crippen LogP contribution in [0.5, 0.6) is 0 Å². The Bertz CT molecular complexity index is 120. The molecule has 2 N–H and O–H groups in total. The topological polar surface area (TPSA) is 53.7 Å². The highest BCUT2D eigenvalue weighted by atomic mass is 16.5. The molecule has 1 unspecified atom stereocenters. The predicted molar refractivity (Wildman–Crippen MR) is 56.4 cm³/mol. The van der Waals surface area contributed by atoms with Gasteiger partial charge in [-0.25, -0.2) is 0 Å². The first-order valence-electron chi connectivity index (χ1n) is 5.12. The zero-order chi connectivity index (χ0) is 10.8. The molecule has 0 aliphatic heterocycles. The molecule has 0 aliphatic carbocycles. The molecule has 0 aromatic rings. The van der Waals surface area contributed by atoms with Gasteiger partial charge >= 0.3 is 0 Å². The normalized spacial score (nSPS) is 15.4. The van der Waals surface area contributed by atoms with Crippen LogP contribution in [0.25, 0.3) is 0 Å². The Balaban J connectivity index is 3.06. The van der Waals surface area contributed by atoms with E-state index in [9.17, 15) is 0 Å². The minimum Gasteiger partial charge on any atom is -0.385 e. The van der Waals surface area contributed by atoms with Crippen molar-refractivity contribution < 1.29 is 14.2 Å². The summed E-state index contributed by atoms with van der Waals surface area (Å²) in [6, 6.07) is 0.0727. The maximum atomic E-state index is 5.63. The lowest BCUT2D eigenvalue weighted by Crippen LogP contribution is -2.32. The van der Waals surface area contributed by atoms with E-state index in [4.69, 9.17) is 19.9 Å². The lowest BCUT2D eigenvalue weighted by molar-refractivity contribution is 0.00131. The summed E-state index contributed by atoms with van der Waals surface area (Å²) < 4.78 is 15.6. The molecule has 0 amide bonds. The monoisotopic (exact) mass is 205 g/mol. The summed E-state index contributed by atoms with van der Waals surface area (Å²) in [6.45, 7) is 6.61. The minimum absolute atomic E-state index is 0.0727. The average Bonchev–Trinajstić information content (AvgIpc) is 2.16. The molecule has 0 aromatic heterocycles. The summed E-state index contributed by atoms with van der Waals surface area (Å²) in [7, 11) is 1.69. The van der Waals surface area contributed by atoms with Crippen molar-refractivity contribution in [3.8, 4) is 0 Å². The lowest BCUT2D eigenvalue weighted by Gasteiger charge is -2.16. The third-order valence-corrected chi connectivity index (χ3v) is 1.99. The molecule has 0 radical (unpaired) electrons. The van der Waals surface area contributed by atoms with Crippen molar-refractivity contribution in [1.29, 1.82) is 0 Å². The summed E-state index contributed by atoms with van der Waals surface area (Å²) in [5.41, 5.74) is 5.63. The van der Waals surface area contributed by atoms with Gasteiger partial charge in [0.05, 0.1) is 19.3 Å². The number of hydrogen-bond acceptors (Lipinski definition) is 4. The number of nitrogens with two attached hydrogens (primary N) is 1. The highest BCUT2D eigenvalue weighted by Crippen LogP contribution is 1.94. The minimum atomic E-state index is 0.0727. The number of rotatable bonds is 9. The smallest absolute Gasteiger partial charge is 0.0704 e. The molecule has 2 atom stereocenters. The summed E-state index contributed by atoms with van der Waals surface area (Å²) >= 11 is 0. The van der Waals surface area contributed by atoms with E-state index >= 15 is 0 Å². The predicted octanol–water partition coefficient (Wildman–Crippen LogP) is 0.792. The molecule has 4 nitrogen and oxygen atoms in total. The van der Waals surface area contributed by atoms with E-state index in [-0.39, 0.29) is 12.1 Å². The summed E-state index contributed by atoms with van der Waals surface area (Å²) in [4.78, 5) is 0. The Morgan fingerprint density at radius 2 is 1.79 bits per heavy atom. The van der Waals surface area contributed by atoms with E-state index in [0.717, 1.165) is 19.6 Å². The van der Waals surface area contributed by atoms with E-state index in [1.807, 2.05) is 13.8 Å². The Kier molecular flexibility index (Phi) is 9.29. The Labute approximate surface area is 86.7 Å². The Morgan fingerprint density at radius 1 is 1.07 bits per heavy atom. The molecule has 0 rings (SSSR count). The van der Waals surface area contributed by atoms with Crippen molar-refractivity contribution >= 4 is 0 Å². The SMILES string of the molecule is COCCCOCCOC(C)[C@@H](C)N. The van der Waals surface area contributed by atoms with Crippen molar-refractivity contribution in [2.24, 2.45) is 5.73 Å². The zero-order valence-corrected chi connectivity index (χ0v) is 9.49. The van der Waals surface area contributed by atoms with Crippen LogP contribution in [0.4, 0.5) is 0 Å². The van der Waals surface area contributed by atoms with E-state index in [1.165, 1.54) is 0 Å². The van der Waals surface area contributed by atoms with Crippen LogP contribution in [0.15, 0.2) is 0 Å². The molecule has 0 aromatic carbocycles. The van der Waals surface area contributed by atoms with E-state index in [1.54, 1.807) is 7.11 Å². The highest BCUT2D eigenvalue weighted by Gasteiger charge is 2.06. The van der Waals surface area contributed by atoms with Gasteiger partial charge in [-0.05, 0) is 20.3 Å². The fourth-order valence-electron chi connectivity index (χ4n) is 0.852. The van der Waals surface area contributed by atoms with Crippen LogP contribution in [0.2, 0.25) is 0 Å². The molecular formula is C10H23NO3. The Hall–Kier alpha value is -0.160. The van der Waals surface area contributed by atoms with Gasteiger partial charge in [-0.2, -0.15) is 0 Å². The fourth-order valence-corrected chi connectivity index (χ4v) is 0.852. The van der Waals surface area contributed by atoms with Crippen molar-refractivity contribution in [3.63, 3.8) is 0 Å². The second kappa shape index (κ2) is 9.40. The van der Waals surface area contributed by atoms with Crippen molar-refractivity contribution in [2.45, 2.75) is 32.4 Å². The number of methoxy groups -OCH3 is 1. The standard InChI is InChI=1S/C10H23NO3/c1-9(11)10(2)14-8-7-13-6-4-5-12-3/h9-10H,4-8,11H2,1-3H3/t9-,10?/m1/s1. The molecule has 0 bridgehead atoms. The molecule has 0 spiro atoms. The van der Waals surface area contributed by atoms with E-state index in [0.29, 0.717) is 13.2 Å². The van der Waals surface area contributed by atoms with Gasteiger partial charge in [-0.15, -0.1) is 0 Å². The van der Waals surface area contributed by atoms with E-state index < -0.39 is 0 Å². The van der Waals surface area contributed by atoms with Crippen molar-refractivity contribution in [1.82, 2.24) is 0 Å². The molecule has 4 heteroatoms. The van der Waals surface area contributed by atoms with Gasteiger partial charge in [0.1, 0.15) is 0 Å². The first kappa shape index (κ1) is 13.8. The molecule has 0 aliphatic rings. The van der Waals surface area contributed by atoms with Crippen LogP contribution < -0.4 is 5.73 Å². The highest BCUT2D eigenvalue weighted by molar-refractivity contribution is 4.61. The number of hydrogen-bond donors (Lipinski definition) is 1. The van der Waals surface area contributed by atoms with Gasteiger partial charge in [-0.3, -0.25) is 0 Å². The number of ether oxygens (including phenoxy) is 3. The van der Waals surface area contributed by atoms with Crippen LogP contribution in [0, 0.1) is 0 Å². The third-order valence-electron chi connectivity index (χ3n) is 1.99. The van der Waals surface area contributed by atoms with Gasteiger partial charge in [0.2, 0.25) is 0 Å². The maximum Gasteiger partial charge on any atom is 0.0704 e. The van der Waals surface area contributed by atoms with Gasteiger partial charge < -0.3 is 19.9 Å². The van der Waals surface area contributed by atoms with Crippen molar-refractivity contribution in [3.05, 3.63) is 0 Å². The zero-order valence-electron chi connectivity index (χ0n) is 9.49. The van der Waals surface area contributed by atoms with E-state index in [2.05, 4.69) is 0 Å². The third kappa shape index (κ3) is 8.44. The van der Waals surface area contributed by atoms with Gasteiger partial charge in [0, 0.05) is 26.4 Å². The summed E-state index contributed by atoms with van der Waals surface area (Å²) in [5, 5.41) is 0. The summed E-state index contributed by atoms with van der Waals surface area (Å²) in [6.07, 6.45) is 1.02. The lowest BCUT2D eigenvalue weighted by atomic mass is 10.2. The largest absolute Gasteiger partial charge is 0.385 e. The molecule has 0 heterocycles. The van der Waals surface area contributed by atoms with Crippen molar-refractivity contribution in [2.75, 3.05) is 33.5 Å². The Morgan fingerprint density at radius 3 is 2.36 bits per heavy atom. The molecular weight excluding hydrogens is 182 g/mol. The van der Waals surface area contributed by atoms with Gasteiger partial charge in [0.25, 0.3) is 0 Å². The van der Waals surface area contributed by atoms with Crippen LogP contribution in [0.3, 0.4) is 0 Å². The summed E-state index contributed by atoms with van der Waals surface area (Å²) in [5.74, 6) is 0. The second-order valence-corrected chi connectivity index (χ2v) is 3.39. The van der Waals surface area contributed by atoms with Crippen LogP contribution in [-0.4, -0.2) is 45.7 Å². The first-order chi connectivity index (χ1) is 6.68. The first-order valence-corrected chi connectivity index (χ1v) is 5.12. The van der Waals surface area contributed by atoms with Gasteiger partial charge in [-0.1, -0.05) is 0 Å². The van der Waals surface area contributed by atoms with Crippen LogP contribution >= 0.6 is 0 Å². The second-order valence-electron chi connectivity index (χ2n) is 3.39. The van der Waals surface area contributed by atoms with Crippen LogP contribution in [-0.2, 0) is 14.2 Å². The fraction of sp³-hybridized carbons (Fsp3) is 1.00. The molecule has 0 saturated carbocycles. The maximum absolute atomic E-state index is 5.63. The molecule has 86 valence electrons. The molecule has 14 heavy (non-hydrogen) atoms. The average molecular weight is 205 g/mol. The van der Waals surface area contributed by atoms with Gasteiger partial charge in [0.15, 0.2) is 0 Å². The van der Waals surface area contributed by atoms with Crippen LogP contribution in [0.1, 0.15) is 20.3 Å².